The Morgan fingerprint density at radius 2 is 1.78 bits per heavy atom. The van der Waals surface area contributed by atoms with Gasteiger partial charge < -0.3 is 5.11 Å². The van der Waals surface area contributed by atoms with Crippen molar-refractivity contribution >= 4 is 28.8 Å². The number of rotatable bonds is 7. The molecule has 2 aromatic carbocycles. The zero-order valence-corrected chi connectivity index (χ0v) is 14.7. The number of hydrogen-bond donors (Lipinski definition) is 2. The summed E-state index contributed by atoms with van der Waals surface area (Å²) in [5.41, 5.74) is 1.38. The Kier molecular flexibility index (Phi) is 5.99. The maximum absolute atomic E-state index is 11.2. The predicted octanol–water partition coefficient (Wildman–Crippen LogP) is 3.76. The summed E-state index contributed by atoms with van der Waals surface area (Å²) in [7, 11) is 0. The second-order valence-corrected chi connectivity index (χ2v) is 6.13. The van der Waals surface area contributed by atoms with Gasteiger partial charge in [-0.05, 0) is 31.6 Å². The lowest BCUT2D eigenvalue weighted by Crippen LogP contribution is -2.30. The van der Waals surface area contributed by atoms with Crippen LogP contribution in [0, 0.1) is 20.2 Å². The summed E-state index contributed by atoms with van der Waals surface area (Å²) in [6.45, 7) is 3.04. The summed E-state index contributed by atoms with van der Waals surface area (Å²) in [6, 6.07) is 12.5. The van der Waals surface area contributed by atoms with Crippen molar-refractivity contribution < 1.29 is 15.0 Å². The SMILES string of the molecule is CC(C)(O)C(/C=C/c1ccccc1)=N/Nc1ccc([N+](=O)[O-])cc1[N+](=O)[O-]. The van der Waals surface area contributed by atoms with Crippen molar-refractivity contribution in [1.29, 1.82) is 0 Å². The summed E-state index contributed by atoms with van der Waals surface area (Å²) in [5, 5.41) is 36.3. The number of nitrogens with one attached hydrogen (secondary N) is 1. The molecule has 0 amide bonds. The summed E-state index contributed by atoms with van der Waals surface area (Å²) < 4.78 is 0. The number of non-ortho nitro benzene ring substituents is 1. The third-order valence-corrected chi connectivity index (χ3v) is 3.55. The Hall–Kier alpha value is -3.59. The van der Waals surface area contributed by atoms with E-state index >= 15 is 0 Å². The van der Waals surface area contributed by atoms with E-state index in [9.17, 15) is 25.3 Å². The van der Waals surface area contributed by atoms with Crippen molar-refractivity contribution in [2.24, 2.45) is 5.10 Å². The molecule has 0 unspecified atom stereocenters. The van der Waals surface area contributed by atoms with Crippen LogP contribution in [0.3, 0.4) is 0 Å². The number of aliphatic hydroxyl groups is 1. The van der Waals surface area contributed by atoms with Crippen LogP contribution in [0.5, 0.6) is 0 Å². The van der Waals surface area contributed by atoms with Gasteiger partial charge in [0.25, 0.3) is 5.69 Å². The van der Waals surface area contributed by atoms with Crippen LogP contribution in [0.1, 0.15) is 19.4 Å². The molecule has 0 heterocycles. The molecule has 0 bridgehead atoms. The zero-order chi connectivity index (χ0) is 20.0. The molecule has 0 saturated carbocycles. The molecule has 2 rings (SSSR count). The highest BCUT2D eigenvalue weighted by Crippen LogP contribution is 2.29. The molecule has 0 aliphatic carbocycles. The highest BCUT2D eigenvalue weighted by molar-refractivity contribution is 6.04. The van der Waals surface area contributed by atoms with Gasteiger partial charge in [-0.25, -0.2) is 0 Å². The minimum atomic E-state index is -1.33. The average Bonchev–Trinajstić information content (AvgIpc) is 2.61. The van der Waals surface area contributed by atoms with Crippen LogP contribution in [0.4, 0.5) is 17.1 Å². The normalized spacial score (nSPS) is 12.2. The fourth-order valence-electron chi connectivity index (χ4n) is 2.12. The van der Waals surface area contributed by atoms with E-state index in [0.717, 1.165) is 17.7 Å². The third-order valence-electron chi connectivity index (χ3n) is 3.55. The van der Waals surface area contributed by atoms with Gasteiger partial charge >= 0.3 is 5.69 Å². The molecule has 0 aliphatic rings. The lowest BCUT2D eigenvalue weighted by atomic mass is 10.0. The molecule has 2 aromatic rings. The summed E-state index contributed by atoms with van der Waals surface area (Å²) >= 11 is 0. The van der Waals surface area contributed by atoms with Crippen LogP contribution < -0.4 is 5.43 Å². The van der Waals surface area contributed by atoms with Gasteiger partial charge in [-0.2, -0.15) is 5.10 Å². The standard InChI is InChI=1S/C18H18N4O5/c1-18(2,23)17(11-8-13-6-4-3-5-7-13)20-19-15-10-9-14(21(24)25)12-16(15)22(26)27/h3-12,19,23H,1-2H3/b11-8+,20-17+. The van der Waals surface area contributed by atoms with Gasteiger partial charge in [0.05, 0.1) is 21.6 Å². The first-order chi connectivity index (χ1) is 12.7. The first kappa shape index (κ1) is 19.7. The third kappa shape index (κ3) is 5.44. The average molecular weight is 370 g/mol. The summed E-state index contributed by atoms with van der Waals surface area (Å²) in [4.78, 5) is 20.5. The fourth-order valence-corrected chi connectivity index (χ4v) is 2.12. The maximum Gasteiger partial charge on any atom is 0.301 e. The molecule has 2 N–H and O–H groups in total. The molecular weight excluding hydrogens is 352 g/mol. The molecule has 0 fully saturated rings. The molecule has 0 saturated heterocycles. The van der Waals surface area contributed by atoms with Crippen molar-refractivity contribution in [2.75, 3.05) is 5.43 Å². The number of nitro groups is 2. The number of nitrogens with zero attached hydrogens (tertiary/aromatic N) is 3. The van der Waals surface area contributed by atoms with Crippen molar-refractivity contribution in [3.8, 4) is 0 Å². The number of hydrazone groups is 1. The van der Waals surface area contributed by atoms with Crippen molar-refractivity contribution in [1.82, 2.24) is 0 Å². The molecule has 0 radical (unpaired) electrons. The number of anilines is 1. The molecule has 27 heavy (non-hydrogen) atoms. The predicted molar refractivity (Wildman–Crippen MR) is 103 cm³/mol. The van der Waals surface area contributed by atoms with E-state index in [4.69, 9.17) is 0 Å². The molecule has 0 atom stereocenters. The summed E-state index contributed by atoms with van der Waals surface area (Å²) in [5.74, 6) is 0. The Balaban J connectivity index is 2.35. The van der Waals surface area contributed by atoms with Gasteiger partial charge in [-0.1, -0.05) is 36.4 Å². The van der Waals surface area contributed by atoms with Crippen molar-refractivity contribution in [3.05, 3.63) is 80.4 Å². The molecule has 0 aliphatic heterocycles. The van der Waals surface area contributed by atoms with E-state index in [2.05, 4.69) is 10.5 Å². The number of hydrogen-bond acceptors (Lipinski definition) is 7. The monoisotopic (exact) mass is 370 g/mol. The van der Waals surface area contributed by atoms with E-state index in [-0.39, 0.29) is 11.4 Å². The topological polar surface area (TPSA) is 131 Å². The second-order valence-electron chi connectivity index (χ2n) is 6.13. The quantitative estimate of drug-likeness (QED) is 0.433. The van der Waals surface area contributed by atoms with Crippen molar-refractivity contribution in [3.63, 3.8) is 0 Å². The molecule has 140 valence electrons. The lowest BCUT2D eigenvalue weighted by molar-refractivity contribution is -0.393. The van der Waals surface area contributed by atoms with Gasteiger partial charge in [0.15, 0.2) is 0 Å². The number of benzene rings is 2. The van der Waals surface area contributed by atoms with E-state index < -0.39 is 26.8 Å². The van der Waals surface area contributed by atoms with E-state index in [1.54, 1.807) is 12.2 Å². The van der Waals surface area contributed by atoms with Crippen molar-refractivity contribution in [2.45, 2.75) is 19.4 Å². The first-order valence-corrected chi connectivity index (χ1v) is 7.91. The molecular formula is C18H18N4O5. The Labute approximate surface area is 155 Å². The van der Waals surface area contributed by atoms with E-state index in [1.807, 2.05) is 30.3 Å². The van der Waals surface area contributed by atoms with E-state index in [1.165, 1.54) is 19.9 Å². The summed E-state index contributed by atoms with van der Waals surface area (Å²) in [6.07, 6.45) is 3.32. The van der Waals surface area contributed by atoms with Gasteiger partial charge in [0.2, 0.25) is 0 Å². The molecule has 0 spiro atoms. The smallest absolute Gasteiger partial charge is 0.301 e. The van der Waals surface area contributed by atoms with Crippen LogP contribution in [0.25, 0.3) is 6.08 Å². The second kappa shape index (κ2) is 8.19. The van der Waals surface area contributed by atoms with Crippen LogP contribution in [0.15, 0.2) is 59.7 Å². The number of nitro benzene ring substituents is 2. The van der Waals surface area contributed by atoms with Gasteiger partial charge in [-0.3, -0.25) is 25.7 Å². The molecule has 9 heteroatoms. The maximum atomic E-state index is 11.2. The van der Waals surface area contributed by atoms with Crippen LogP contribution in [-0.2, 0) is 0 Å². The highest BCUT2D eigenvalue weighted by atomic mass is 16.6. The lowest BCUT2D eigenvalue weighted by Gasteiger charge is -2.17. The minimum absolute atomic E-state index is 0.0274. The zero-order valence-electron chi connectivity index (χ0n) is 14.7. The van der Waals surface area contributed by atoms with E-state index in [0.29, 0.717) is 0 Å². The van der Waals surface area contributed by atoms with Crippen LogP contribution in [0.2, 0.25) is 0 Å². The van der Waals surface area contributed by atoms with Gasteiger partial charge in [0, 0.05) is 6.07 Å². The first-order valence-electron chi connectivity index (χ1n) is 7.91. The largest absolute Gasteiger partial charge is 0.384 e. The van der Waals surface area contributed by atoms with Crippen LogP contribution in [-0.4, -0.2) is 26.3 Å². The minimum Gasteiger partial charge on any atom is -0.384 e. The Morgan fingerprint density at radius 3 is 2.33 bits per heavy atom. The molecule has 9 nitrogen and oxygen atoms in total. The van der Waals surface area contributed by atoms with Gasteiger partial charge in [-0.15, -0.1) is 0 Å². The highest BCUT2D eigenvalue weighted by Gasteiger charge is 2.22. The molecule has 0 aromatic heterocycles. The van der Waals surface area contributed by atoms with Gasteiger partial charge in [0.1, 0.15) is 11.3 Å². The fraction of sp³-hybridized carbons (Fsp3) is 0.167. The Bertz CT molecular complexity index is 902. The van der Waals surface area contributed by atoms with Crippen LogP contribution >= 0.6 is 0 Å². The Morgan fingerprint density at radius 1 is 1.11 bits per heavy atom.